The van der Waals surface area contributed by atoms with Crippen molar-refractivity contribution in [2.24, 2.45) is 0 Å². The van der Waals surface area contributed by atoms with E-state index in [2.05, 4.69) is 0 Å². The molecule has 0 unspecified atom stereocenters. The van der Waals surface area contributed by atoms with Crippen molar-refractivity contribution < 1.29 is 18.1 Å². The first-order valence-electron chi connectivity index (χ1n) is 4.00. The van der Waals surface area contributed by atoms with Crippen LogP contribution in [0.2, 0.25) is 0 Å². The Labute approximate surface area is 93.3 Å². The Morgan fingerprint density at radius 1 is 1.38 bits per heavy atom. The van der Waals surface area contributed by atoms with Crippen LogP contribution in [0.4, 0.5) is 18.9 Å². The van der Waals surface area contributed by atoms with Crippen molar-refractivity contribution >= 4 is 23.4 Å². The summed E-state index contributed by atoms with van der Waals surface area (Å²) in [6.07, 6.45) is -4.18. The molecule has 0 aliphatic heterocycles. The van der Waals surface area contributed by atoms with Gasteiger partial charge in [-0.3, -0.25) is 10.1 Å². The van der Waals surface area contributed by atoms with Gasteiger partial charge in [0.2, 0.25) is 0 Å². The second kappa shape index (κ2) is 4.52. The van der Waals surface area contributed by atoms with E-state index < -0.39 is 21.8 Å². The largest absolute Gasteiger partial charge is 0.426 e. The van der Waals surface area contributed by atoms with Gasteiger partial charge in [0, 0.05) is 6.07 Å². The van der Waals surface area contributed by atoms with Gasteiger partial charge in [-0.2, -0.15) is 13.2 Å². The van der Waals surface area contributed by atoms with Crippen molar-refractivity contribution in [2.75, 3.05) is 0 Å². The molecular weight excluding hydrogens is 247 g/mol. The molecule has 0 fully saturated rings. The Kier molecular flexibility index (Phi) is 3.54. The van der Waals surface area contributed by atoms with Crippen LogP contribution in [-0.2, 0) is 0 Å². The standard InChI is InChI=1S/C9H5ClF3NO2/c10-8(9(11,12)13)5-6-3-1-2-4-7(6)14(15)16/h1-5H. The molecule has 0 saturated heterocycles. The van der Waals surface area contributed by atoms with Crippen LogP contribution in [-0.4, -0.2) is 11.1 Å². The Hall–Kier alpha value is -1.56. The van der Waals surface area contributed by atoms with Gasteiger partial charge in [0.25, 0.3) is 5.69 Å². The van der Waals surface area contributed by atoms with E-state index in [0.29, 0.717) is 6.08 Å². The number of hydrogen-bond acceptors (Lipinski definition) is 2. The molecule has 0 aromatic heterocycles. The van der Waals surface area contributed by atoms with Gasteiger partial charge in [-0.15, -0.1) is 0 Å². The van der Waals surface area contributed by atoms with E-state index in [9.17, 15) is 23.3 Å². The van der Waals surface area contributed by atoms with E-state index in [4.69, 9.17) is 11.6 Å². The van der Waals surface area contributed by atoms with Crippen LogP contribution < -0.4 is 0 Å². The first-order valence-corrected chi connectivity index (χ1v) is 4.38. The summed E-state index contributed by atoms with van der Waals surface area (Å²) in [7, 11) is 0. The van der Waals surface area contributed by atoms with Gasteiger partial charge < -0.3 is 0 Å². The Balaban J connectivity index is 3.20. The van der Waals surface area contributed by atoms with Crippen LogP contribution in [0.25, 0.3) is 6.08 Å². The van der Waals surface area contributed by atoms with Crippen LogP contribution in [0.5, 0.6) is 0 Å². The van der Waals surface area contributed by atoms with E-state index >= 15 is 0 Å². The summed E-state index contributed by atoms with van der Waals surface area (Å²) in [5.74, 6) is 0. The average Bonchev–Trinajstić information content (AvgIpc) is 2.16. The van der Waals surface area contributed by atoms with Crippen molar-refractivity contribution in [1.29, 1.82) is 0 Å². The zero-order valence-corrected chi connectivity index (χ0v) is 8.42. The first kappa shape index (κ1) is 12.5. The van der Waals surface area contributed by atoms with Crippen LogP contribution >= 0.6 is 11.6 Å². The van der Waals surface area contributed by atoms with E-state index in [-0.39, 0.29) is 5.56 Å². The molecule has 0 bridgehead atoms. The number of nitro groups is 1. The van der Waals surface area contributed by atoms with Crippen LogP contribution in [0.15, 0.2) is 29.3 Å². The molecule has 0 heterocycles. The number of benzene rings is 1. The number of nitro benzene ring substituents is 1. The summed E-state index contributed by atoms with van der Waals surface area (Å²) in [6.45, 7) is 0. The van der Waals surface area contributed by atoms with Gasteiger partial charge in [-0.25, -0.2) is 0 Å². The molecule has 0 aliphatic rings. The minimum atomic E-state index is -4.70. The minimum absolute atomic E-state index is 0.185. The van der Waals surface area contributed by atoms with E-state index in [1.807, 2.05) is 0 Å². The molecule has 0 radical (unpaired) electrons. The number of allylic oxidation sites excluding steroid dienone is 1. The SMILES string of the molecule is O=[N+]([O-])c1ccccc1C=C(Cl)C(F)(F)F. The second-order valence-corrected chi connectivity index (χ2v) is 3.21. The van der Waals surface area contributed by atoms with Gasteiger partial charge in [0.1, 0.15) is 5.03 Å². The maximum Gasteiger partial charge on any atom is 0.426 e. The summed E-state index contributed by atoms with van der Waals surface area (Å²) in [5.41, 5.74) is -0.611. The highest BCUT2D eigenvalue weighted by atomic mass is 35.5. The first-order chi connectivity index (χ1) is 7.32. The van der Waals surface area contributed by atoms with Gasteiger partial charge in [0.05, 0.1) is 10.5 Å². The molecule has 3 nitrogen and oxygen atoms in total. The topological polar surface area (TPSA) is 43.1 Å². The van der Waals surface area contributed by atoms with E-state index in [1.54, 1.807) is 0 Å². The maximum absolute atomic E-state index is 12.1. The summed E-state index contributed by atoms with van der Waals surface area (Å²) in [4.78, 5) is 9.73. The van der Waals surface area contributed by atoms with Gasteiger partial charge in [-0.05, 0) is 12.1 Å². The predicted molar refractivity (Wildman–Crippen MR) is 53.0 cm³/mol. The smallest absolute Gasteiger partial charge is 0.258 e. The third-order valence-electron chi connectivity index (χ3n) is 1.69. The van der Waals surface area contributed by atoms with Gasteiger partial charge in [0.15, 0.2) is 0 Å². The maximum atomic E-state index is 12.1. The van der Waals surface area contributed by atoms with Crippen LogP contribution in [0.1, 0.15) is 5.56 Å². The Morgan fingerprint density at radius 3 is 2.44 bits per heavy atom. The number of rotatable bonds is 2. The third kappa shape index (κ3) is 2.96. The summed E-state index contributed by atoms with van der Waals surface area (Å²) in [5, 5.41) is 9.10. The molecule has 1 rings (SSSR count). The Bertz CT molecular complexity index is 443. The molecule has 16 heavy (non-hydrogen) atoms. The molecule has 0 saturated carbocycles. The molecular formula is C9H5ClF3NO2. The number of halogens is 4. The van der Waals surface area contributed by atoms with E-state index in [0.717, 1.165) is 6.07 Å². The second-order valence-electron chi connectivity index (χ2n) is 2.81. The third-order valence-corrected chi connectivity index (χ3v) is 2.01. The fourth-order valence-corrected chi connectivity index (χ4v) is 1.11. The van der Waals surface area contributed by atoms with E-state index in [1.165, 1.54) is 18.2 Å². The highest BCUT2D eigenvalue weighted by Gasteiger charge is 2.32. The molecule has 1 aromatic rings. The van der Waals surface area contributed by atoms with Crippen molar-refractivity contribution in [3.63, 3.8) is 0 Å². The quantitative estimate of drug-likeness (QED) is 0.594. The average molecular weight is 252 g/mol. The fraction of sp³-hybridized carbons (Fsp3) is 0.111. The Morgan fingerprint density at radius 2 is 1.94 bits per heavy atom. The number of para-hydroxylation sites is 1. The van der Waals surface area contributed by atoms with Gasteiger partial charge >= 0.3 is 6.18 Å². The number of nitrogens with zero attached hydrogens (tertiary/aromatic N) is 1. The molecule has 86 valence electrons. The number of alkyl halides is 3. The van der Waals surface area contributed by atoms with Gasteiger partial charge in [-0.1, -0.05) is 23.7 Å². The lowest BCUT2D eigenvalue weighted by Gasteiger charge is -2.04. The molecule has 0 atom stereocenters. The lowest BCUT2D eigenvalue weighted by molar-refractivity contribution is -0.385. The minimum Gasteiger partial charge on any atom is -0.258 e. The molecule has 0 spiro atoms. The molecule has 0 amide bonds. The normalized spacial score (nSPS) is 12.6. The molecule has 7 heteroatoms. The fourth-order valence-electron chi connectivity index (χ4n) is 0.994. The zero-order chi connectivity index (χ0) is 12.3. The van der Waals surface area contributed by atoms with Crippen molar-refractivity contribution in [1.82, 2.24) is 0 Å². The van der Waals surface area contributed by atoms with Crippen LogP contribution in [0, 0.1) is 10.1 Å². The molecule has 0 N–H and O–H groups in total. The molecule has 0 aliphatic carbocycles. The zero-order valence-electron chi connectivity index (χ0n) is 7.66. The van der Waals surface area contributed by atoms with Crippen LogP contribution in [0.3, 0.4) is 0 Å². The lowest BCUT2D eigenvalue weighted by atomic mass is 10.1. The monoisotopic (exact) mass is 251 g/mol. The highest BCUT2D eigenvalue weighted by Crippen LogP contribution is 2.32. The lowest BCUT2D eigenvalue weighted by Crippen LogP contribution is -2.06. The van der Waals surface area contributed by atoms with Crippen molar-refractivity contribution in [3.05, 3.63) is 45.0 Å². The summed E-state index contributed by atoms with van der Waals surface area (Å²) >= 11 is 4.98. The molecule has 1 aromatic carbocycles. The summed E-state index contributed by atoms with van der Waals surface area (Å²) in [6, 6.07) is 5.04. The van der Waals surface area contributed by atoms with Crippen molar-refractivity contribution in [2.45, 2.75) is 6.18 Å². The predicted octanol–water partition coefficient (Wildman–Crippen LogP) is 3.74. The summed E-state index contributed by atoms with van der Waals surface area (Å²) < 4.78 is 36.3. The highest BCUT2D eigenvalue weighted by molar-refractivity contribution is 6.32. The van der Waals surface area contributed by atoms with Crippen molar-refractivity contribution in [3.8, 4) is 0 Å². The number of hydrogen-bond donors (Lipinski definition) is 0.